The highest BCUT2D eigenvalue weighted by atomic mass is 127. The van der Waals surface area contributed by atoms with Gasteiger partial charge in [-0.3, -0.25) is 18.9 Å². The summed E-state index contributed by atoms with van der Waals surface area (Å²) in [6.07, 6.45) is 4.17. The maximum absolute atomic E-state index is 12.6. The minimum absolute atomic E-state index is 0.0426. The number of nitrogens with zero attached hydrogens (tertiary/aromatic N) is 3. The molecule has 8 nitrogen and oxygen atoms in total. The molecule has 0 radical (unpaired) electrons. The first-order valence-corrected chi connectivity index (χ1v) is 10.5. The van der Waals surface area contributed by atoms with E-state index in [4.69, 9.17) is 5.73 Å². The Hall–Kier alpha value is -2.14. The molecule has 1 fully saturated rings. The van der Waals surface area contributed by atoms with Gasteiger partial charge in [0.25, 0.3) is 5.56 Å². The van der Waals surface area contributed by atoms with Crippen LogP contribution in [0.3, 0.4) is 0 Å². The zero-order valence-corrected chi connectivity index (χ0v) is 17.8. The Bertz CT molecular complexity index is 1130. The molecule has 1 saturated carbocycles. The Morgan fingerprint density at radius 3 is 2.79 bits per heavy atom. The number of benzene rings is 1. The third-order valence-corrected chi connectivity index (χ3v) is 6.48. The van der Waals surface area contributed by atoms with E-state index < -0.39 is 11.2 Å². The van der Waals surface area contributed by atoms with Crippen LogP contribution in [-0.2, 0) is 13.6 Å². The van der Waals surface area contributed by atoms with Gasteiger partial charge in [-0.05, 0) is 47.1 Å². The van der Waals surface area contributed by atoms with E-state index in [1.807, 2.05) is 28.8 Å². The van der Waals surface area contributed by atoms with E-state index >= 15 is 0 Å². The summed E-state index contributed by atoms with van der Waals surface area (Å²) < 4.78 is 4.32. The maximum atomic E-state index is 12.6. The number of fused-ring (bicyclic) bond motifs is 1. The molecule has 1 aromatic carbocycles. The summed E-state index contributed by atoms with van der Waals surface area (Å²) in [5.41, 5.74) is 7.23. The molecule has 0 aliphatic heterocycles. The number of hydrogen-bond donors (Lipinski definition) is 3. The van der Waals surface area contributed by atoms with Gasteiger partial charge in [0, 0.05) is 22.7 Å². The summed E-state index contributed by atoms with van der Waals surface area (Å²) in [6.45, 7) is 0.473. The van der Waals surface area contributed by atoms with Crippen LogP contribution in [-0.4, -0.2) is 31.2 Å². The lowest BCUT2D eigenvalue weighted by Crippen LogP contribution is -2.43. The van der Waals surface area contributed by atoms with Crippen molar-refractivity contribution in [3.8, 4) is 0 Å². The first-order valence-electron chi connectivity index (χ1n) is 9.41. The average Bonchev–Trinajstić information content (AvgIpc) is 3.02. The SMILES string of the molecule is Cn1c(=O)[nH]c(=O)c2c1nc(NC1CCCC[C@H]1N)n2Cc1ccccc1I. The molecular weight excluding hydrogens is 471 g/mol. The van der Waals surface area contributed by atoms with Crippen molar-refractivity contribution < 1.29 is 0 Å². The Kier molecular flexibility index (Phi) is 5.28. The van der Waals surface area contributed by atoms with Crippen molar-refractivity contribution in [3.05, 3.63) is 54.2 Å². The van der Waals surface area contributed by atoms with Crippen LogP contribution >= 0.6 is 22.6 Å². The monoisotopic (exact) mass is 494 g/mol. The van der Waals surface area contributed by atoms with Crippen LogP contribution in [0.4, 0.5) is 5.95 Å². The number of rotatable bonds is 4. The molecule has 3 aromatic rings. The molecule has 9 heteroatoms. The molecule has 0 saturated heterocycles. The standard InChI is InChI=1S/C19H23IN6O2/c1-25-16-15(17(27)24-19(25)28)26(10-11-6-2-3-7-12(11)20)18(23-16)22-14-9-5-4-8-13(14)21/h2-3,6-7,13-14H,4-5,8-10,21H2,1H3,(H,22,23)(H,24,27,28)/t13-,14?/m1/s1. The summed E-state index contributed by atoms with van der Waals surface area (Å²) in [5.74, 6) is 0.573. The molecule has 1 aliphatic carbocycles. The van der Waals surface area contributed by atoms with Crippen LogP contribution in [0.1, 0.15) is 31.2 Å². The van der Waals surface area contributed by atoms with Gasteiger partial charge in [0.2, 0.25) is 5.95 Å². The third kappa shape index (κ3) is 3.48. The largest absolute Gasteiger partial charge is 0.351 e. The lowest BCUT2D eigenvalue weighted by Gasteiger charge is -2.29. The smallest absolute Gasteiger partial charge is 0.329 e. The lowest BCUT2D eigenvalue weighted by molar-refractivity contribution is 0.401. The molecule has 148 valence electrons. The van der Waals surface area contributed by atoms with E-state index in [0.29, 0.717) is 23.7 Å². The second-order valence-electron chi connectivity index (χ2n) is 7.30. The zero-order valence-electron chi connectivity index (χ0n) is 15.6. The van der Waals surface area contributed by atoms with Crippen molar-refractivity contribution in [2.75, 3.05) is 5.32 Å². The maximum Gasteiger partial charge on any atom is 0.329 e. The number of nitrogens with two attached hydrogens (primary N) is 1. The molecule has 4 rings (SSSR count). The molecule has 0 bridgehead atoms. The van der Waals surface area contributed by atoms with Crippen LogP contribution < -0.4 is 22.3 Å². The van der Waals surface area contributed by atoms with Gasteiger partial charge in [0.1, 0.15) is 0 Å². The minimum Gasteiger partial charge on any atom is -0.351 e. The minimum atomic E-state index is -0.475. The van der Waals surface area contributed by atoms with Gasteiger partial charge in [-0.15, -0.1) is 0 Å². The molecule has 1 unspecified atom stereocenters. The van der Waals surface area contributed by atoms with Gasteiger partial charge in [-0.2, -0.15) is 4.98 Å². The zero-order chi connectivity index (χ0) is 19.8. The summed E-state index contributed by atoms with van der Waals surface area (Å²) in [4.78, 5) is 31.7. The van der Waals surface area contributed by atoms with Crippen LogP contribution in [0.15, 0.2) is 33.9 Å². The second-order valence-corrected chi connectivity index (χ2v) is 8.46. The van der Waals surface area contributed by atoms with Gasteiger partial charge >= 0.3 is 5.69 Å². The van der Waals surface area contributed by atoms with Gasteiger partial charge in [-0.1, -0.05) is 31.0 Å². The fourth-order valence-electron chi connectivity index (χ4n) is 3.80. The van der Waals surface area contributed by atoms with Crippen molar-refractivity contribution in [2.24, 2.45) is 12.8 Å². The van der Waals surface area contributed by atoms with E-state index in [1.54, 1.807) is 7.05 Å². The third-order valence-electron chi connectivity index (χ3n) is 5.43. The number of anilines is 1. The highest BCUT2D eigenvalue weighted by Gasteiger charge is 2.25. The van der Waals surface area contributed by atoms with Crippen LogP contribution in [0, 0.1) is 3.57 Å². The Balaban J connectivity index is 1.86. The number of imidazole rings is 1. The van der Waals surface area contributed by atoms with Crippen LogP contribution in [0.2, 0.25) is 0 Å². The predicted octanol–water partition coefficient (Wildman–Crippen LogP) is 1.76. The molecular formula is C19H23IN6O2. The molecule has 2 aromatic heterocycles. The van der Waals surface area contributed by atoms with Crippen molar-refractivity contribution in [1.82, 2.24) is 19.1 Å². The fourth-order valence-corrected chi connectivity index (χ4v) is 4.36. The fraction of sp³-hybridized carbons (Fsp3) is 0.421. The Morgan fingerprint density at radius 1 is 1.29 bits per heavy atom. The van der Waals surface area contributed by atoms with Gasteiger partial charge in [-0.25, -0.2) is 4.79 Å². The predicted molar refractivity (Wildman–Crippen MR) is 118 cm³/mol. The summed E-state index contributed by atoms with van der Waals surface area (Å²) in [7, 11) is 1.61. The van der Waals surface area contributed by atoms with Crippen molar-refractivity contribution in [3.63, 3.8) is 0 Å². The number of nitrogens with one attached hydrogen (secondary N) is 2. The number of hydrogen-bond acceptors (Lipinski definition) is 5. The number of halogens is 1. The first-order chi connectivity index (χ1) is 13.5. The highest BCUT2D eigenvalue weighted by Crippen LogP contribution is 2.24. The summed E-state index contributed by atoms with van der Waals surface area (Å²) in [5, 5.41) is 3.46. The number of aryl methyl sites for hydroxylation is 1. The lowest BCUT2D eigenvalue weighted by atomic mass is 9.91. The van der Waals surface area contributed by atoms with Crippen molar-refractivity contribution >= 4 is 39.7 Å². The summed E-state index contributed by atoms with van der Waals surface area (Å²) in [6, 6.07) is 8.14. The molecule has 28 heavy (non-hydrogen) atoms. The Morgan fingerprint density at radius 2 is 2.04 bits per heavy atom. The van der Waals surface area contributed by atoms with E-state index in [9.17, 15) is 9.59 Å². The molecule has 0 amide bonds. The first kappa shape index (κ1) is 19.2. The van der Waals surface area contributed by atoms with Gasteiger partial charge < -0.3 is 11.1 Å². The van der Waals surface area contributed by atoms with Gasteiger partial charge in [0.05, 0.1) is 6.54 Å². The van der Waals surface area contributed by atoms with E-state index in [2.05, 4.69) is 37.9 Å². The normalized spacial score (nSPS) is 19.8. The van der Waals surface area contributed by atoms with E-state index in [1.165, 1.54) is 4.57 Å². The molecule has 1 aliphatic rings. The molecule has 4 N–H and O–H groups in total. The van der Waals surface area contributed by atoms with Crippen LogP contribution in [0.25, 0.3) is 11.2 Å². The van der Waals surface area contributed by atoms with E-state index in [-0.39, 0.29) is 12.1 Å². The van der Waals surface area contributed by atoms with E-state index in [0.717, 1.165) is 34.8 Å². The second kappa shape index (κ2) is 7.70. The molecule has 2 heterocycles. The summed E-state index contributed by atoms with van der Waals surface area (Å²) >= 11 is 2.28. The quantitative estimate of drug-likeness (QED) is 0.479. The topological polar surface area (TPSA) is 111 Å². The van der Waals surface area contributed by atoms with Crippen molar-refractivity contribution in [2.45, 2.75) is 44.3 Å². The van der Waals surface area contributed by atoms with Gasteiger partial charge in [0.15, 0.2) is 11.2 Å². The number of aromatic amines is 1. The molecule has 2 atom stereocenters. The van der Waals surface area contributed by atoms with Crippen LogP contribution in [0.5, 0.6) is 0 Å². The Labute approximate surface area is 175 Å². The number of aromatic nitrogens is 4. The van der Waals surface area contributed by atoms with Crippen molar-refractivity contribution in [1.29, 1.82) is 0 Å². The molecule has 0 spiro atoms. The number of H-pyrrole nitrogens is 1. The highest BCUT2D eigenvalue weighted by molar-refractivity contribution is 14.1. The average molecular weight is 494 g/mol.